The standard InChI is InChI=1S/C13H13Cl2N3O3/c14-7-11(15)21-13(20)16-9-3-1-8(2-4-9)10-5-6-12(19)18-17-10/h1-4,11H,5-7H2,(H,16,20)(H,18,19). The van der Waals surface area contributed by atoms with Gasteiger partial charge in [0.2, 0.25) is 5.91 Å². The first-order chi connectivity index (χ1) is 10.1. The van der Waals surface area contributed by atoms with Gasteiger partial charge in [0.15, 0.2) is 5.56 Å². The molecule has 0 radical (unpaired) electrons. The molecule has 112 valence electrons. The van der Waals surface area contributed by atoms with Crippen molar-refractivity contribution in [3.63, 3.8) is 0 Å². The van der Waals surface area contributed by atoms with Gasteiger partial charge in [0.05, 0.1) is 11.6 Å². The Hall–Kier alpha value is -1.79. The zero-order valence-corrected chi connectivity index (χ0v) is 12.4. The second-order valence-electron chi connectivity index (χ2n) is 4.27. The predicted molar refractivity (Wildman–Crippen MR) is 80.8 cm³/mol. The van der Waals surface area contributed by atoms with Gasteiger partial charge in [-0.15, -0.1) is 11.6 Å². The van der Waals surface area contributed by atoms with Crippen LogP contribution in [0, 0.1) is 0 Å². The number of amides is 2. The van der Waals surface area contributed by atoms with Gasteiger partial charge in [-0.2, -0.15) is 5.10 Å². The van der Waals surface area contributed by atoms with E-state index >= 15 is 0 Å². The summed E-state index contributed by atoms with van der Waals surface area (Å²) in [6, 6.07) is 7.01. The second-order valence-corrected chi connectivity index (χ2v) is 5.06. The third-order valence-electron chi connectivity index (χ3n) is 2.73. The molecule has 1 atom stereocenters. The number of carbonyl (C=O) groups excluding carboxylic acids is 2. The molecule has 0 aromatic heterocycles. The van der Waals surface area contributed by atoms with Crippen molar-refractivity contribution in [2.24, 2.45) is 5.10 Å². The van der Waals surface area contributed by atoms with E-state index in [-0.39, 0.29) is 11.8 Å². The Morgan fingerprint density at radius 1 is 1.38 bits per heavy atom. The molecule has 0 saturated carbocycles. The highest BCUT2D eigenvalue weighted by Crippen LogP contribution is 2.15. The van der Waals surface area contributed by atoms with Gasteiger partial charge in [-0.05, 0) is 17.7 Å². The number of carbonyl (C=O) groups is 2. The molecule has 2 rings (SSSR count). The Balaban J connectivity index is 1.96. The number of hydrazone groups is 1. The van der Waals surface area contributed by atoms with Gasteiger partial charge in [0.25, 0.3) is 0 Å². The Morgan fingerprint density at radius 3 is 2.67 bits per heavy atom. The summed E-state index contributed by atoms with van der Waals surface area (Å²) < 4.78 is 4.77. The van der Waals surface area contributed by atoms with E-state index in [9.17, 15) is 9.59 Å². The van der Waals surface area contributed by atoms with Crippen LogP contribution in [0.5, 0.6) is 0 Å². The van der Waals surface area contributed by atoms with E-state index in [1.165, 1.54) is 0 Å². The SMILES string of the molecule is O=C1CCC(c2ccc(NC(=O)OC(Cl)CCl)cc2)=NN1. The average Bonchev–Trinajstić information content (AvgIpc) is 2.48. The normalized spacial score (nSPS) is 15.7. The quantitative estimate of drug-likeness (QED) is 0.833. The van der Waals surface area contributed by atoms with Gasteiger partial charge in [-0.1, -0.05) is 23.7 Å². The molecule has 21 heavy (non-hydrogen) atoms. The summed E-state index contributed by atoms with van der Waals surface area (Å²) in [4.78, 5) is 22.5. The lowest BCUT2D eigenvalue weighted by molar-refractivity contribution is -0.121. The van der Waals surface area contributed by atoms with Gasteiger partial charge in [-0.3, -0.25) is 10.1 Å². The summed E-state index contributed by atoms with van der Waals surface area (Å²) in [5.41, 5.74) is 3.80. The van der Waals surface area contributed by atoms with Crippen molar-refractivity contribution in [1.82, 2.24) is 5.43 Å². The Bertz CT molecular complexity index is 560. The third-order valence-corrected chi connectivity index (χ3v) is 3.41. The van der Waals surface area contributed by atoms with Crippen LogP contribution in [0.4, 0.5) is 10.5 Å². The smallest absolute Gasteiger partial charge is 0.413 e. The molecule has 0 bridgehead atoms. The average molecular weight is 330 g/mol. The maximum atomic E-state index is 11.5. The Morgan fingerprint density at radius 2 is 2.10 bits per heavy atom. The summed E-state index contributed by atoms with van der Waals surface area (Å²) in [6.07, 6.45) is 0.330. The molecule has 1 aromatic rings. The molecule has 1 heterocycles. The van der Waals surface area contributed by atoms with E-state index in [0.717, 1.165) is 11.3 Å². The van der Waals surface area contributed by atoms with Crippen molar-refractivity contribution in [1.29, 1.82) is 0 Å². The lowest BCUT2D eigenvalue weighted by Gasteiger charge is -2.13. The molecule has 1 unspecified atom stereocenters. The van der Waals surface area contributed by atoms with Crippen LogP contribution in [0.3, 0.4) is 0 Å². The van der Waals surface area contributed by atoms with Crippen molar-refractivity contribution >= 4 is 46.6 Å². The van der Waals surface area contributed by atoms with Gasteiger partial charge < -0.3 is 4.74 Å². The number of benzene rings is 1. The maximum absolute atomic E-state index is 11.5. The molecule has 1 aliphatic heterocycles. The zero-order valence-electron chi connectivity index (χ0n) is 10.9. The second kappa shape index (κ2) is 7.28. The largest absolute Gasteiger partial charge is 0.428 e. The number of rotatable bonds is 4. The van der Waals surface area contributed by atoms with Crippen LogP contribution in [0.1, 0.15) is 18.4 Å². The highest BCUT2D eigenvalue weighted by molar-refractivity contribution is 6.27. The van der Waals surface area contributed by atoms with Crippen molar-refractivity contribution in [3.8, 4) is 0 Å². The molecule has 0 saturated heterocycles. The van der Waals surface area contributed by atoms with Gasteiger partial charge in [0, 0.05) is 18.5 Å². The molecule has 0 fully saturated rings. The van der Waals surface area contributed by atoms with E-state index in [0.29, 0.717) is 18.5 Å². The minimum absolute atomic E-state index is 0.0134. The first-order valence-electron chi connectivity index (χ1n) is 6.22. The fraction of sp³-hybridized carbons (Fsp3) is 0.308. The number of anilines is 1. The van der Waals surface area contributed by atoms with Crippen LogP contribution in [0.15, 0.2) is 29.4 Å². The molecule has 0 spiro atoms. The van der Waals surface area contributed by atoms with Gasteiger partial charge in [-0.25, -0.2) is 10.2 Å². The highest BCUT2D eigenvalue weighted by Gasteiger charge is 2.14. The predicted octanol–water partition coefficient (Wildman–Crippen LogP) is 2.65. The highest BCUT2D eigenvalue weighted by atomic mass is 35.5. The number of hydrogen-bond donors (Lipinski definition) is 2. The zero-order chi connectivity index (χ0) is 15.2. The summed E-state index contributed by atoms with van der Waals surface area (Å²) >= 11 is 11.0. The van der Waals surface area contributed by atoms with Crippen molar-refractivity contribution in [2.75, 3.05) is 11.2 Å². The first kappa shape index (κ1) is 15.6. The van der Waals surface area contributed by atoms with E-state index in [1.807, 2.05) is 0 Å². The van der Waals surface area contributed by atoms with Gasteiger partial charge in [0.1, 0.15) is 0 Å². The van der Waals surface area contributed by atoms with Crippen LogP contribution < -0.4 is 10.7 Å². The van der Waals surface area contributed by atoms with E-state index in [2.05, 4.69) is 15.8 Å². The minimum atomic E-state index is -0.869. The molecular formula is C13H13Cl2N3O3. The molecule has 2 N–H and O–H groups in total. The number of halogens is 2. The van der Waals surface area contributed by atoms with Gasteiger partial charge >= 0.3 is 6.09 Å². The number of ether oxygens (including phenoxy) is 1. The molecule has 2 amide bonds. The summed E-state index contributed by atoms with van der Waals surface area (Å²) in [6.45, 7) is 0. The summed E-state index contributed by atoms with van der Waals surface area (Å²) in [5.74, 6) is -0.0749. The van der Waals surface area contributed by atoms with E-state index in [1.54, 1.807) is 24.3 Å². The van der Waals surface area contributed by atoms with Crippen molar-refractivity contribution in [3.05, 3.63) is 29.8 Å². The molecule has 1 aromatic carbocycles. The minimum Gasteiger partial charge on any atom is -0.428 e. The van der Waals surface area contributed by atoms with E-state index < -0.39 is 11.7 Å². The number of nitrogens with one attached hydrogen (secondary N) is 2. The molecule has 1 aliphatic rings. The lowest BCUT2D eigenvalue weighted by Crippen LogP contribution is -2.25. The number of nitrogens with zero attached hydrogens (tertiary/aromatic N) is 1. The summed E-state index contributed by atoms with van der Waals surface area (Å²) in [7, 11) is 0. The monoisotopic (exact) mass is 329 g/mol. The fourth-order valence-electron chi connectivity index (χ4n) is 1.72. The van der Waals surface area contributed by atoms with Crippen LogP contribution in [0.2, 0.25) is 0 Å². The number of alkyl halides is 2. The van der Waals surface area contributed by atoms with Crippen LogP contribution in [-0.2, 0) is 9.53 Å². The summed E-state index contributed by atoms with van der Waals surface area (Å²) in [5, 5.41) is 6.53. The molecule has 0 aliphatic carbocycles. The topological polar surface area (TPSA) is 79.8 Å². The van der Waals surface area contributed by atoms with E-state index in [4.69, 9.17) is 27.9 Å². The van der Waals surface area contributed by atoms with Crippen molar-refractivity contribution in [2.45, 2.75) is 18.4 Å². The van der Waals surface area contributed by atoms with Crippen molar-refractivity contribution < 1.29 is 14.3 Å². The lowest BCUT2D eigenvalue weighted by atomic mass is 10.0. The van der Waals surface area contributed by atoms with Crippen LogP contribution >= 0.6 is 23.2 Å². The Labute approximate surface area is 131 Å². The van der Waals surface area contributed by atoms with Crippen LogP contribution in [-0.4, -0.2) is 29.2 Å². The Kier molecular flexibility index (Phi) is 5.41. The fourth-order valence-corrected chi connectivity index (χ4v) is 1.87. The molecule has 6 nitrogen and oxygen atoms in total. The number of hydrogen-bond acceptors (Lipinski definition) is 4. The molecule has 8 heteroatoms. The van der Waals surface area contributed by atoms with Crippen LogP contribution in [0.25, 0.3) is 0 Å². The molecular weight excluding hydrogens is 317 g/mol. The first-order valence-corrected chi connectivity index (χ1v) is 7.19. The maximum Gasteiger partial charge on any atom is 0.413 e. The third kappa shape index (κ3) is 4.61.